The smallest absolute Gasteiger partial charge is 0.223 e. The maximum atomic E-state index is 11.3. The van der Waals surface area contributed by atoms with Crippen LogP contribution in [0.5, 0.6) is 0 Å². The van der Waals surface area contributed by atoms with Gasteiger partial charge in [0, 0.05) is 19.2 Å². The van der Waals surface area contributed by atoms with Crippen molar-refractivity contribution in [3.05, 3.63) is 11.3 Å². The summed E-state index contributed by atoms with van der Waals surface area (Å²) in [6, 6.07) is 0. The van der Waals surface area contributed by atoms with Crippen molar-refractivity contribution in [3.8, 4) is 0 Å². The Bertz CT molecular complexity index is 267. The first-order valence-electron chi connectivity index (χ1n) is 5.17. The summed E-state index contributed by atoms with van der Waals surface area (Å²) in [5.74, 6) is 1.05. The third-order valence-electron chi connectivity index (χ3n) is 3.22. The fourth-order valence-electron chi connectivity index (χ4n) is 2.50. The third-order valence-corrected chi connectivity index (χ3v) is 3.22. The summed E-state index contributed by atoms with van der Waals surface area (Å²) in [7, 11) is 0. The lowest BCUT2D eigenvalue weighted by Gasteiger charge is -2.24. The first kappa shape index (κ1) is 8.79. The first-order chi connectivity index (χ1) is 6.18. The molecule has 1 unspecified atom stereocenters. The summed E-state index contributed by atoms with van der Waals surface area (Å²) < 4.78 is 0. The van der Waals surface area contributed by atoms with E-state index in [0.29, 0.717) is 0 Å². The zero-order valence-corrected chi connectivity index (χ0v) is 8.47. The van der Waals surface area contributed by atoms with Crippen LogP contribution in [0.2, 0.25) is 0 Å². The van der Waals surface area contributed by atoms with E-state index in [9.17, 15) is 4.79 Å². The van der Waals surface area contributed by atoms with E-state index in [1.165, 1.54) is 18.5 Å². The average molecular weight is 179 g/mol. The van der Waals surface area contributed by atoms with Crippen molar-refractivity contribution in [1.82, 2.24) is 4.90 Å². The summed E-state index contributed by atoms with van der Waals surface area (Å²) in [5.41, 5.74) is 2.90. The van der Waals surface area contributed by atoms with E-state index >= 15 is 0 Å². The maximum Gasteiger partial charge on any atom is 0.223 e. The highest BCUT2D eigenvalue weighted by atomic mass is 16.2. The fraction of sp³-hybridized carbons (Fsp3) is 0.727. The average Bonchev–Trinajstić information content (AvgIpc) is 2.46. The standard InChI is InChI=1S/C11H17NO/c1-8-3-4-11-10(7-8)5-6-12(11)9(2)13/h8H,3-7H2,1-2H3. The normalized spacial score (nSPS) is 27.8. The van der Waals surface area contributed by atoms with E-state index in [1.807, 2.05) is 4.90 Å². The Hall–Kier alpha value is -0.790. The molecule has 2 aliphatic rings. The lowest BCUT2D eigenvalue weighted by Crippen LogP contribution is -2.26. The summed E-state index contributed by atoms with van der Waals surface area (Å²) in [6.07, 6.45) is 4.72. The van der Waals surface area contributed by atoms with Crippen LogP contribution in [0.15, 0.2) is 11.3 Å². The molecule has 13 heavy (non-hydrogen) atoms. The summed E-state index contributed by atoms with van der Waals surface area (Å²) in [5, 5.41) is 0. The van der Waals surface area contributed by atoms with Gasteiger partial charge in [-0.15, -0.1) is 0 Å². The molecule has 1 amide bonds. The predicted molar refractivity (Wildman–Crippen MR) is 52.0 cm³/mol. The van der Waals surface area contributed by atoms with Gasteiger partial charge in [0.25, 0.3) is 0 Å². The summed E-state index contributed by atoms with van der Waals surface area (Å²) >= 11 is 0. The minimum absolute atomic E-state index is 0.222. The molecular weight excluding hydrogens is 162 g/mol. The van der Waals surface area contributed by atoms with Crippen LogP contribution >= 0.6 is 0 Å². The number of carbonyl (C=O) groups excluding carboxylic acids is 1. The third kappa shape index (κ3) is 1.50. The molecule has 0 N–H and O–H groups in total. The Labute approximate surface area is 79.6 Å². The number of amides is 1. The molecule has 0 fully saturated rings. The highest BCUT2D eigenvalue weighted by Gasteiger charge is 2.28. The topological polar surface area (TPSA) is 20.3 Å². The van der Waals surface area contributed by atoms with Gasteiger partial charge in [0.05, 0.1) is 0 Å². The Morgan fingerprint density at radius 1 is 1.46 bits per heavy atom. The van der Waals surface area contributed by atoms with Gasteiger partial charge in [-0.3, -0.25) is 4.79 Å². The van der Waals surface area contributed by atoms with Crippen molar-refractivity contribution in [2.75, 3.05) is 6.54 Å². The molecule has 0 bridgehead atoms. The van der Waals surface area contributed by atoms with Gasteiger partial charge in [-0.2, -0.15) is 0 Å². The van der Waals surface area contributed by atoms with Gasteiger partial charge in [-0.25, -0.2) is 0 Å². The van der Waals surface area contributed by atoms with Crippen LogP contribution in [0.3, 0.4) is 0 Å². The quantitative estimate of drug-likeness (QED) is 0.559. The minimum Gasteiger partial charge on any atom is -0.316 e. The molecule has 1 heterocycles. The van der Waals surface area contributed by atoms with Gasteiger partial charge in [0.2, 0.25) is 5.91 Å². The molecule has 2 nitrogen and oxygen atoms in total. The molecule has 1 aliphatic carbocycles. The SMILES string of the molecule is CC(=O)N1CCC2=C1CCC(C)C2. The van der Waals surface area contributed by atoms with Crippen LogP contribution in [0.1, 0.15) is 39.5 Å². The number of rotatable bonds is 0. The van der Waals surface area contributed by atoms with E-state index < -0.39 is 0 Å². The molecule has 2 heteroatoms. The zero-order valence-electron chi connectivity index (χ0n) is 8.47. The second-order valence-corrected chi connectivity index (χ2v) is 4.32. The van der Waals surface area contributed by atoms with Crippen LogP contribution in [0, 0.1) is 5.92 Å². The molecule has 1 atom stereocenters. The van der Waals surface area contributed by atoms with Crippen LogP contribution in [0.25, 0.3) is 0 Å². The van der Waals surface area contributed by atoms with Gasteiger partial charge < -0.3 is 4.90 Å². The van der Waals surface area contributed by atoms with Crippen LogP contribution in [-0.2, 0) is 4.79 Å². The Kier molecular flexibility index (Phi) is 2.14. The molecule has 0 spiro atoms. The molecule has 0 saturated heterocycles. The zero-order chi connectivity index (χ0) is 9.42. The molecule has 0 aromatic carbocycles. The van der Waals surface area contributed by atoms with Crippen LogP contribution in [0.4, 0.5) is 0 Å². The maximum absolute atomic E-state index is 11.3. The number of carbonyl (C=O) groups is 1. The molecule has 0 aromatic rings. The van der Waals surface area contributed by atoms with Crippen LogP contribution < -0.4 is 0 Å². The fourth-order valence-corrected chi connectivity index (χ4v) is 2.50. The highest BCUT2D eigenvalue weighted by Crippen LogP contribution is 2.37. The number of hydrogen-bond acceptors (Lipinski definition) is 1. The van der Waals surface area contributed by atoms with Gasteiger partial charge in [-0.05, 0) is 37.2 Å². The Balaban J connectivity index is 2.19. The molecule has 2 rings (SSSR count). The van der Waals surface area contributed by atoms with E-state index in [2.05, 4.69) is 6.92 Å². The molecule has 0 aromatic heterocycles. The monoisotopic (exact) mass is 179 g/mol. The second kappa shape index (κ2) is 3.17. The highest BCUT2D eigenvalue weighted by molar-refractivity contribution is 5.76. The van der Waals surface area contributed by atoms with Crippen LogP contribution in [-0.4, -0.2) is 17.4 Å². The minimum atomic E-state index is 0.222. The summed E-state index contributed by atoms with van der Waals surface area (Å²) in [4.78, 5) is 13.2. The molecule has 1 aliphatic heterocycles. The van der Waals surface area contributed by atoms with Gasteiger partial charge in [0.1, 0.15) is 0 Å². The van der Waals surface area contributed by atoms with Gasteiger partial charge in [0.15, 0.2) is 0 Å². The van der Waals surface area contributed by atoms with Crippen molar-refractivity contribution in [3.63, 3.8) is 0 Å². The van der Waals surface area contributed by atoms with Gasteiger partial charge in [-0.1, -0.05) is 6.92 Å². The van der Waals surface area contributed by atoms with Crippen molar-refractivity contribution in [2.24, 2.45) is 5.92 Å². The number of allylic oxidation sites excluding steroid dienone is 1. The van der Waals surface area contributed by atoms with Crippen molar-refractivity contribution < 1.29 is 4.79 Å². The lowest BCUT2D eigenvalue weighted by molar-refractivity contribution is -0.126. The van der Waals surface area contributed by atoms with E-state index in [1.54, 1.807) is 12.5 Å². The number of nitrogens with zero attached hydrogens (tertiary/aromatic N) is 1. The van der Waals surface area contributed by atoms with E-state index in [-0.39, 0.29) is 5.91 Å². The second-order valence-electron chi connectivity index (χ2n) is 4.32. The largest absolute Gasteiger partial charge is 0.316 e. The number of hydrogen-bond donors (Lipinski definition) is 0. The van der Waals surface area contributed by atoms with Crippen molar-refractivity contribution in [1.29, 1.82) is 0 Å². The van der Waals surface area contributed by atoms with E-state index in [0.717, 1.165) is 25.3 Å². The first-order valence-corrected chi connectivity index (χ1v) is 5.17. The molecular formula is C11H17NO. The lowest BCUT2D eigenvalue weighted by atomic mass is 9.88. The van der Waals surface area contributed by atoms with Crippen molar-refractivity contribution >= 4 is 5.91 Å². The Morgan fingerprint density at radius 3 is 2.92 bits per heavy atom. The summed E-state index contributed by atoms with van der Waals surface area (Å²) in [6.45, 7) is 4.92. The van der Waals surface area contributed by atoms with E-state index in [4.69, 9.17) is 0 Å². The Morgan fingerprint density at radius 2 is 2.23 bits per heavy atom. The molecule has 0 radical (unpaired) electrons. The predicted octanol–water partition coefficient (Wildman–Crippen LogP) is 2.31. The molecule has 0 saturated carbocycles. The van der Waals surface area contributed by atoms with Gasteiger partial charge >= 0.3 is 0 Å². The van der Waals surface area contributed by atoms with Crippen molar-refractivity contribution in [2.45, 2.75) is 39.5 Å². The molecule has 72 valence electrons.